The van der Waals surface area contributed by atoms with E-state index in [1.165, 1.54) is 12.1 Å². The van der Waals surface area contributed by atoms with Gasteiger partial charge in [-0.2, -0.15) is 0 Å². The second-order valence-corrected chi connectivity index (χ2v) is 4.81. The van der Waals surface area contributed by atoms with E-state index < -0.39 is 0 Å². The van der Waals surface area contributed by atoms with Gasteiger partial charge < -0.3 is 10.5 Å². The predicted octanol–water partition coefficient (Wildman–Crippen LogP) is 4.43. The Labute approximate surface area is 120 Å². The van der Waals surface area contributed by atoms with Crippen molar-refractivity contribution in [2.75, 3.05) is 6.54 Å². The largest absolute Gasteiger partial charge is 0.456 e. The quantitative estimate of drug-likeness (QED) is 0.906. The zero-order valence-corrected chi connectivity index (χ0v) is 11.5. The first-order chi connectivity index (χ1) is 9.10. The molecule has 0 amide bonds. The summed E-state index contributed by atoms with van der Waals surface area (Å²) in [4.78, 5) is 0. The smallest absolute Gasteiger partial charge is 0.146 e. The Morgan fingerprint density at radius 3 is 2.47 bits per heavy atom. The van der Waals surface area contributed by atoms with E-state index in [4.69, 9.17) is 33.7 Å². The summed E-state index contributed by atoms with van der Waals surface area (Å²) < 4.78 is 18.9. The number of benzene rings is 2. The molecule has 2 aromatic rings. The van der Waals surface area contributed by atoms with Crippen molar-refractivity contribution in [3.63, 3.8) is 0 Å². The van der Waals surface area contributed by atoms with Crippen molar-refractivity contribution in [3.8, 4) is 11.5 Å². The predicted molar refractivity (Wildman–Crippen MR) is 75.7 cm³/mol. The number of nitrogens with two attached hydrogens (primary N) is 1. The molecule has 2 nitrogen and oxygen atoms in total. The van der Waals surface area contributed by atoms with Gasteiger partial charge in [0.25, 0.3) is 0 Å². The zero-order chi connectivity index (χ0) is 13.8. The average Bonchev–Trinajstić information content (AvgIpc) is 2.36. The van der Waals surface area contributed by atoms with Gasteiger partial charge in [0, 0.05) is 5.02 Å². The van der Waals surface area contributed by atoms with E-state index in [0.717, 1.165) is 0 Å². The van der Waals surface area contributed by atoms with Gasteiger partial charge in [-0.15, -0.1) is 0 Å². The summed E-state index contributed by atoms with van der Waals surface area (Å²) >= 11 is 11.8. The van der Waals surface area contributed by atoms with E-state index in [2.05, 4.69) is 0 Å². The third kappa shape index (κ3) is 3.60. The van der Waals surface area contributed by atoms with Crippen LogP contribution in [0.25, 0.3) is 0 Å². The van der Waals surface area contributed by atoms with Crippen molar-refractivity contribution in [1.29, 1.82) is 0 Å². The molecule has 0 aliphatic carbocycles. The van der Waals surface area contributed by atoms with Crippen LogP contribution in [0.15, 0.2) is 36.4 Å². The summed E-state index contributed by atoms with van der Waals surface area (Å²) in [6.45, 7) is 0.411. The maximum absolute atomic E-state index is 13.2. The summed E-state index contributed by atoms with van der Waals surface area (Å²) in [6.07, 6.45) is 0.526. The lowest BCUT2D eigenvalue weighted by Crippen LogP contribution is -2.04. The Hall–Kier alpha value is -1.29. The number of rotatable bonds is 4. The van der Waals surface area contributed by atoms with E-state index in [1.54, 1.807) is 24.3 Å². The second kappa shape index (κ2) is 6.24. The fraction of sp³-hybridized carbons (Fsp3) is 0.143. The van der Waals surface area contributed by atoms with Crippen LogP contribution in [0.2, 0.25) is 10.0 Å². The van der Waals surface area contributed by atoms with E-state index in [9.17, 15) is 4.39 Å². The lowest BCUT2D eigenvalue weighted by Gasteiger charge is -2.12. The molecule has 0 unspecified atom stereocenters. The lowest BCUT2D eigenvalue weighted by molar-refractivity contribution is 0.474. The fourth-order valence-electron chi connectivity index (χ4n) is 1.67. The molecule has 0 aliphatic heterocycles. The van der Waals surface area contributed by atoms with Crippen LogP contribution >= 0.6 is 23.2 Å². The molecule has 100 valence electrons. The minimum Gasteiger partial charge on any atom is -0.456 e. The van der Waals surface area contributed by atoms with Crippen molar-refractivity contribution < 1.29 is 9.13 Å². The van der Waals surface area contributed by atoms with Gasteiger partial charge >= 0.3 is 0 Å². The molecule has 0 spiro atoms. The van der Waals surface area contributed by atoms with Crippen LogP contribution in [0.4, 0.5) is 4.39 Å². The normalized spacial score (nSPS) is 10.5. The molecule has 0 atom stereocenters. The van der Waals surface area contributed by atoms with Gasteiger partial charge in [-0.3, -0.25) is 0 Å². The molecule has 0 aromatic heterocycles. The van der Waals surface area contributed by atoms with Gasteiger partial charge in [0.15, 0.2) is 0 Å². The lowest BCUT2D eigenvalue weighted by atomic mass is 10.1. The first-order valence-electron chi connectivity index (χ1n) is 5.71. The number of hydrogen-bond acceptors (Lipinski definition) is 2. The van der Waals surface area contributed by atoms with Crippen LogP contribution in [0.1, 0.15) is 5.56 Å². The summed E-state index contributed by atoms with van der Waals surface area (Å²) in [6, 6.07) is 9.23. The van der Waals surface area contributed by atoms with Crippen LogP contribution in [0.5, 0.6) is 11.5 Å². The maximum atomic E-state index is 13.2. The van der Waals surface area contributed by atoms with Crippen molar-refractivity contribution in [3.05, 3.63) is 57.8 Å². The van der Waals surface area contributed by atoms with Crippen LogP contribution in [-0.4, -0.2) is 6.54 Å². The number of ether oxygens (including phenoxy) is 1. The topological polar surface area (TPSA) is 35.2 Å². The van der Waals surface area contributed by atoms with Gasteiger partial charge in [0.05, 0.1) is 5.02 Å². The van der Waals surface area contributed by atoms with Crippen molar-refractivity contribution in [1.82, 2.24) is 0 Å². The zero-order valence-electron chi connectivity index (χ0n) is 10.00. The molecule has 0 fully saturated rings. The number of hydrogen-bond donors (Lipinski definition) is 1. The van der Waals surface area contributed by atoms with Gasteiger partial charge in [-0.05, 0) is 54.9 Å². The Morgan fingerprint density at radius 1 is 1.05 bits per heavy atom. The van der Waals surface area contributed by atoms with Crippen molar-refractivity contribution >= 4 is 23.2 Å². The molecular weight excluding hydrogens is 288 g/mol. The van der Waals surface area contributed by atoms with E-state index in [0.29, 0.717) is 40.1 Å². The van der Waals surface area contributed by atoms with Gasteiger partial charge in [0.2, 0.25) is 0 Å². The Morgan fingerprint density at radius 2 is 1.79 bits per heavy atom. The summed E-state index contributed by atoms with van der Waals surface area (Å²) in [5.74, 6) is 0.685. The molecule has 0 saturated heterocycles. The van der Waals surface area contributed by atoms with Gasteiger partial charge in [-0.25, -0.2) is 4.39 Å². The van der Waals surface area contributed by atoms with Crippen molar-refractivity contribution in [2.24, 2.45) is 5.73 Å². The Bertz CT molecular complexity index is 590. The minimum absolute atomic E-state index is 0.321. The van der Waals surface area contributed by atoms with E-state index in [-0.39, 0.29) is 5.82 Å². The summed E-state index contributed by atoms with van der Waals surface area (Å²) in [5, 5.41) is 0.925. The molecule has 0 aliphatic rings. The average molecular weight is 300 g/mol. The first-order valence-corrected chi connectivity index (χ1v) is 6.47. The van der Waals surface area contributed by atoms with Crippen LogP contribution < -0.4 is 10.5 Å². The summed E-state index contributed by atoms with van der Waals surface area (Å²) in [7, 11) is 0. The highest BCUT2D eigenvalue weighted by atomic mass is 35.5. The standard InChI is InChI=1S/C14H12Cl2FNO/c15-10-1-3-14(12(16)8-10)19-13-4-2-11(17)7-9(13)5-6-18/h1-4,7-8H,5-6,18H2. The SMILES string of the molecule is NCCc1cc(F)ccc1Oc1ccc(Cl)cc1Cl. The highest BCUT2D eigenvalue weighted by Crippen LogP contribution is 2.33. The van der Waals surface area contributed by atoms with Gasteiger partial charge in [0.1, 0.15) is 17.3 Å². The molecule has 0 bridgehead atoms. The molecular formula is C14H12Cl2FNO. The third-order valence-electron chi connectivity index (χ3n) is 2.55. The molecule has 2 N–H and O–H groups in total. The molecule has 19 heavy (non-hydrogen) atoms. The van der Waals surface area contributed by atoms with Crippen LogP contribution in [0, 0.1) is 5.82 Å². The van der Waals surface area contributed by atoms with Crippen molar-refractivity contribution in [2.45, 2.75) is 6.42 Å². The third-order valence-corrected chi connectivity index (χ3v) is 3.08. The van der Waals surface area contributed by atoms with Crippen LogP contribution in [0.3, 0.4) is 0 Å². The fourth-order valence-corrected chi connectivity index (χ4v) is 2.12. The van der Waals surface area contributed by atoms with E-state index in [1.807, 2.05) is 0 Å². The minimum atomic E-state index is -0.321. The maximum Gasteiger partial charge on any atom is 0.146 e. The molecule has 0 saturated carbocycles. The Balaban J connectivity index is 2.32. The van der Waals surface area contributed by atoms with E-state index >= 15 is 0 Å². The highest BCUT2D eigenvalue weighted by molar-refractivity contribution is 6.35. The monoisotopic (exact) mass is 299 g/mol. The van der Waals surface area contributed by atoms with Crippen LogP contribution in [-0.2, 0) is 6.42 Å². The summed E-state index contributed by atoms with van der Waals surface area (Å²) in [5.41, 5.74) is 6.20. The first kappa shape index (κ1) is 14.1. The molecule has 5 heteroatoms. The molecule has 0 heterocycles. The molecule has 2 aromatic carbocycles. The van der Waals surface area contributed by atoms with Gasteiger partial charge in [-0.1, -0.05) is 23.2 Å². The Kier molecular flexibility index (Phi) is 4.64. The second-order valence-electron chi connectivity index (χ2n) is 3.97. The molecule has 0 radical (unpaired) electrons. The highest BCUT2D eigenvalue weighted by Gasteiger charge is 2.09. The molecule has 2 rings (SSSR count). The number of halogens is 3.